The van der Waals surface area contributed by atoms with E-state index in [1.807, 2.05) is 0 Å². The second-order valence-corrected chi connectivity index (χ2v) is 11.6. The van der Waals surface area contributed by atoms with Crippen molar-refractivity contribution in [3.8, 4) is 56.0 Å². The van der Waals surface area contributed by atoms with E-state index in [0.29, 0.717) is 0 Å². The Kier molecular flexibility index (Phi) is 4.18. The van der Waals surface area contributed by atoms with E-state index < -0.39 is 5.41 Å². The summed E-state index contributed by atoms with van der Waals surface area (Å²) < 4.78 is 6.47. The van der Waals surface area contributed by atoms with Gasteiger partial charge in [0.2, 0.25) is 0 Å². The molecule has 10 rings (SSSR count). The Bertz CT molecular complexity index is 2230. The number of para-hydroxylation sites is 1. The number of rotatable bonds is 1. The van der Waals surface area contributed by atoms with E-state index in [0.717, 1.165) is 17.1 Å². The van der Waals surface area contributed by atoms with Crippen molar-refractivity contribution >= 4 is 10.8 Å². The Labute approximate surface area is 244 Å². The van der Waals surface area contributed by atoms with E-state index in [4.69, 9.17) is 4.74 Å². The Morgan fingerprint density at radius 2 is 0.857 bits per heavy atom. The number of hydrogen-bond donors (Lipinski definition) is 0. The smallest absolute Gasteiger partial charge is 0.135 e. The van der Waals surface area contributed by atoms with Gasteiger partial charge >= 0.3 is 0 Å². The fraction of sp³-hybridized carbons (Fsp3) is 0.0244. The van der Waals surface area contributed by atoms with Crippen molar-refractivity contribution in [3.63, 3.8) is 0 Å². The quantitative estimate of drug-likeness (QED) is 0.204. The van der Waals surface area contributed by atoms with Crippen LogP contribution in [0.3, 0.4) is 0 Å². The first-order valence-corrected chi connectivity index (χ1v) is 14.6. The molecular formula is C41H24O. The Hall–Kier alpha value is -5.40. The first-order chi connectivity index (χ1) is 20.9. The van der Waals surface area contributed by atoms with Gasteiger partial charge in [-0.3, -0.25) is 0 Å². The second kappa shape index (κ2) is 7.87. The van der Waals surface area contributed by atoms with Crippen LogP contribution in [0.5, 0.6) is 11.5 Å². The molecule has 7 aromatic rings. The molecule has 0 fully saturated rings. The van der Waals surface area contributed by atoms with Crippen molar-refractivity contribution < 1.29 is 4.74 Å². The van der Waals surface area contributed by atoms with E-state index in [2.05, 4.69) is 146 Å². The summed E-state index contributed by atoms with van der Waals surface area (Å²) in [6, 6.07) is 53.5. The van der Waals surface area contributed by atoms with E-state index in [-0.39, 0.29) is 0 Å². The van der Waals surface area contributed by atoms with Gasteiger partial charge in [-0.25, -0.2) is 0 Å². The summed E-state index contributed by atoms with van der Waals surface area (Å²) in [5.41, 5.74) is 15.3. The van der Waals surface area contributed by atoms with Crippen molar-refractivity contribution in [1.29, 1.82) is 0 Å². The van der Waals surface area contributed by atoms with Gasteiger partial charge in [0.05, 0.1) is 5.41 Å². The number of fused-ring (bicyclic) bond motifs is 12. The van der Waals surface area contributed by atoms with E-state index >= 15 is 0 Å². The number of ether oxygens (including phenoxy) is 1. The van der Waals surface area contributed by atoms with E-state index in [1.165, 1.54) is 72.0 Å². The lowest BCUT2D eigenvalue weighted by atomic mass is 9.68. The normalized spacial score (nSPS) is 14.1. The summed E-state index contributed by atoms with van der Waals surface area (Å²) in [5, 5.41) is 2.38. The molecule has 0 saturated carbocycles. The maximum absolute atomic E-state index is 6.47. The first-order valence-electron chi connectivity index (χ1n) is 14.6. The zero-order valence-corrected chi connectivity index (χ0v) is 22.8. The van der Waals surface area contributed by atoms with Crippen molar-refractivity contribution in [2.45, 2.75) is 5.41 Å². The molecule has 7 aromatic carbocycles. The molecule has 3 aliphatic rings. The molecule has 1 heteroatoms. The van der Waals surface area contributed by atoms with Crippen molar-refractivity contribution in [2.24, 2.45) is 0 Å². The number of hydrogen-bond acceptors (Lipinski definition) is 1. The molecule has 1 spiro atoms. The topological polar surface area (TPSA) is 9.23 Å². The van der Waals surface area contributed by atoms with Crippen LogP contribution in [0.1, 0.15) is 22.3 Å². The maximum Gasteiger partial charge on any atom is 0.135 e. The Balaban J connectivity index is 1.40. The van der Waals surface area contributed by atoms with Crippen molar-refractivity contribution in [2.75, 3.05) is 0 Å². The molecule has 194 valence electrons. The van der Waals surface area contributed by atoms with E-state index in [1.54, 1.807) is 0 Å². The fourth-order valence-electron chi connectivity index (χ4n) is 8.19. The molecule has 0 radical (unpaired) electrons. The van der Waals surface area contributed by atoms with Gasteiger partial charge in [0.15, 0.2) is 0 Å². The van der Waals surface area contributed by atoms with Gasteiger partial charge in [0, 0.05) is 16.5 Å². The molecule has 0 bridgehead atoms. The standard InChI is InChI=1S/C41H24O/c1-5-18-33-26(12-1)27-13-2-6-19-34(27)41(33)35-20-7-3-14-28(35)30-16-10-17-31(40(30)41)29-24-23-25-11-9-22-37-38(25)39(29)32-15-4-8-21-36(32)42-37/h1-24H. The molecule has 0 N–H and O–H groups in total. The molecule has 42 heavy (non-hydrogen) atoms. The highest BCUT2D eigenvalue weighted by Crippen LogP contribution is 2.65. The lowest BCUT2D eigenvalue weighted by Crippen LogP contribution is -2.26. The summed E-state index contributed by atoms with van der Waals surface area (Å²) in [6.07, 6.45) is 0. The highest BCUT2D eigenvalue weighted by atomic mass is 16.5. The molecular weight excluding hydrogens is 508 g/mol. The monoisotopic (exact) mass is 532 g/mol. The molecule has 2 aliphatic carbocycles. The van der Waals surface area contributed by atoms with Crippen LogP contribution < -0.4 is 4.74 Å². The van der Waals surface area contributed by atoms with Gasteiger partial charge in [-0.1, -0.05) is 133 Å². The van der Waals surface area contributed by atoms with Gasteiger partial charge < -0.3 is 4.74 Å². The van der Waals surface area contributed by atoms with Crippen LogP contribution in [0.4, 0.5) is 0 Å². The van der Waals surface area contributed by atoms with E-state index in [9.17, 15) is 0 Å². The van der Waals surface area contributed by atoms with Crippen LogP contribution in [-0.4, -0.2) is 0 Å². The second-order valence-electron chi connectivity index (χ2n) is 11.6. The van der Waals surface area contributed by atoms with Gasteiger partial charge in [0.25, 0.3) is 0 Å². The average Bonchev–Trinajstić information content (AvgIpc) is 3.53. The van der Waals surface area contributed by atoms with Gasteiger partial charge in [0.1, 0.15) is 11.5 Å². The summed E-state index contributed by atoms with van der Waals surface area (Å²) in [6.45, 7) is 0. The predicted molar refractivity (Wildman–Crippen MR) is 171 cm³/mol. The van der Waals surface area contributed by atoms with Crippen molar-refractivity contribution in [3.05, 3.63) is 168 Å². The lowest BCUT2D eigenvalue weighted by molar-refractivity contribution is 0.487. The zero-order valence-electron chi connectivity index (χ0n) is 22.8. The molecule has 0 unspecified atom stereocenters. The minimum Gasteiger partial charge on any atom is -0.456 e. The third kappa shape index (κ3) is 2.56. The highest BCUT2D eigenvalue weighted by molar-refractivity contribution is 6.11. The first kappa shape index (κ1) is 22.3. The maximum atomic E-state index is 6.47. The largest absolute Gasteiger partial charge is 0.456 e. The Morgan fingerprint density at radius 3 is 1.55 bits per heavy atom. The summed E-state index contributed by atoms with van der Waals surface area (Å²) >= 11 is 0. The molecule has 1 nitrogen and oxygen atoms in total. The highest BCUT2D eigenvalue weighted by Gasteiger charge is 2.52. The fourth-order valence-corrected chi connectivity index (χ4v) is 8.19. The molecule has 1 heterocycles. The van der Waals surface area contributed by atoms with Crippen LogP contribution in [-0.2, 0) is 5.41 Å². The van der Waals surface area contributed by atoms with Gasteiger partial charge in [-0.05, 0) is 73.2 Å². The van der Waals surface area contributed by atoms with Crippen LogP contribution in [0.15, 0.2) is 146 Å². The molecule has 0 amide bonds. The average molecular weight is 533 g/mol. The lowest BCUT2D eigenvalue weighted by Gasteiger charge is -2.33. The summed E-state index contributed by atoms with van der Waals surface area (Å²) in [7, 11) is 0. The minimum atomic E-state index is -0.401. The van der Waals surface area contributed by atoms with Crippen LogP contribution in [0, 0.1) is 0 Å². The Morgan fingerprint density at radius 1 is 0.357 bits per heavy atom. The zero-order chi connectivity index (χ0) is 27.4. The summed E-state index contributed by atoms with van der Waals surface area (Å²) in [4.78, 5) is 0. The molecule has 0 aromatic heterocycles. The number of benzene rings is 7. The van der Waals surface area contributed by atoms with Crippen LogP contribution in [0.2, 0.25) is 0 Å². The predicted octanol–water partition coefficient (Wildman–Crippen LogP) is 10.6. The molecule has 1 aliphatic heterocycles. The molecule has 0 saturated heterocycles. The van der Waals surface area contributed by atoms with Crippen molar-refractivity contribution in [1.82, 2.24) is 0 Å². The van der Waals surface area contributed by atoms with Gasteiger partial charge in [-0.15, -0.1) is 0 Å². The third-order valence-electron chi connectivity index (χ3n) is 9.69. The SMILES string of the molecule is c1ccc2c(c1)Oc1cccc3ccc(-c4cccc5c4C4(c6ccccc6-c6ccccc64)c4ccccc4-5)c-2c13. The van der Waals surface area contributed by atoms with Crippen LogP contribution in [0.25, 0.3) is 55.3 Å². The van der Waals surface area contributed by atoms with Gasteiger partial charge in [-0.2, -0.15) is 0 Å². The minimum absolute atomic E-state index is 0.401. The van der Waals surface area contributed by atoms with Crippen LogP contribution >= 0.6 is 0 Å². The molecule has 0 atom stereocenters. The summed E-state index contributed by atoms with van der Waals surface area (Å²) in [5.74, 6) is 1.83. The third-order valence-corrected chi connectivity index (χ3v) is 9.69.